The van der Waals surface area contributed by atoms with Gasteiger partial charge in [-0.3, -0.25) is 24.5 Å². The van der Waals surface area contributed by atoms with Gasteiger partial charge >= 0.3 is 6.03 Å². The van der Waals surface area contributed by atoms with E-state index in [1.54, 1.807) is 24.3 Å². The molecule has 3 N–H and O–H groups in total. The van der Waals surface area contributed by atoms with E-state index in [0.29, 0.717) is 28.4 Å². The maximum Gasteiger partial charge on any atom is 0.328 e. The number of benzene rings is 2. The Morgan fingerprint density at radius 3 is 2.30 bits per heavy atom. The number of anilines is 3. The second-order valence-corrected chi connectivity index (χ2v) is 11.4. The highest BCUT2D eigenvalue weighted by Crippen LogP contribution is 2.38. The first-order chi connectivity index (χ1) is 17.3. The number of rotatable bonds is 9. The molecule has 37 heavy (non-hydrogen) atoms. The molecule has 1 saturated heterocycles. The van der Waals surface area contributed by atoms with Crippen molar-refractivity contribution in [2.24, 2.45) is 0 Å². The van der Waals surface area contributed by atoms with Crippen molar-refractivity contribution in [3.05, 3.63) is 47.5 Å². The molecule has 1 aliphatic heterocycles. The van der Waals surface area contributed by atoms with Crippen molar-refractivity contribution < 1.29 is 32.3 Å². The number of nitrogens with zero attached hydrogens (tertiary/aromatic N) is 1. The van der Waals surface area contributed by atoms with Gasteiger partial charge in [-0.15, -0.1) is 0 Å². The number of hydrogen-bond donors (Lipinski definition) is 3. The summed E-state index contributed by atoms with van der Waals surface area (Å²) in [5.41, 5.74) is 1.72. The van der Waals surface area contributed by atoms with Crippen LogP contribution in [0.4, 0.5) is 21.9 Å². The Hall–Kier alpha value is -3.64. The summed E-state index contributed by atoms with van der Waals surface area (Å²) in [4.78, 5) is 38.9. The van der Waals surface area contributed by atoms with E-state index in [1.807, 2.05) is 20.8 Å². The van der Waals surface area contributed by atoms with Crippen molar-refractivity contribution in [1.29, 1.82) is 0 Å². The van der Waals surface area contributed by atoms with Gasteiger partial charge in [-0.1, -0.05) is 20.8 Å². The SMILES string of the molecule is COCCS(=O)(=O)Nc1ccc(NC(=O)c2cc(N3CCC(=O)NC3=O)cc(C(C)(C)C)c2OC)cc1. The summed E-state index contributed by atoms with van der Waals surface area (Å²) in [6.45, 7) is 6.13. The summed E-state index contributed by atoms with van der Waals surface area (Å²) in [7, 11) is -0.673. The molecule has 0 aromatic heterocycles. The van der Waals surface area contributed by atoms with Gasteiger partial charge in [0.1, 0.15) is 5.75 Å². The number of amides is 4. The molecule has 11 nitrogen and oxygen atoms in total. The van der Waals surface area contributed by atoms with E-state index in [0.717, 1.165) is 0 Å². The molecule has 1 aliphatic rings. The van der Waals surface area contributed by atoms with Gasteiger partial charge < -0.3 is 14.8 Å². The second-order valence-electron chi connectivity index (χ2n) is 9.52. The molecule has 0 saturated carbocycles. The number of urea groups is 1. The Kier molecular flexibility index (Phi) is 8.44. The Bertz CT molecular complexity index is 1290. The monoisotopic (exact) mass is 532 g/mol. The first-order valence-electron chi connectivity index (χ1n) is 11.6. The third kappa shape index (κ3) is 6.98. The fraction of sp³-hybridized carbons (Fsp3) is 0.400. The fourth-order valence-electron chi connectivity index (χ4n) is 3.77. The first-order valence-corrected chi connectivity index (χ1v) is 13.2. The average molecular weight is 533 g/mol. The molecule has 0 aliphatic carbocycles. The van der Waals surface area contributed by atoms with Crippen LogP contribution in [0.5, 0.6) is 5.75 Å². The minimum absolute atomic E-state index is 0.0658. The first kappa shape index (κ1) is 27.9. The number of methoxy groups -OCH3 is 2. The standard InChI is InChI=1S/C25H32N4O7S/c1-25(2,3)20-15-18(29-11-10-21(30)27-24(29)32)14-19(22(20)36-5)23(31)26-16-6-8-17(9-7-16)28-37(33,34)13-12-35-4/h6-9,14-15,28H,10-13H2,1-5H3,(H,26,31)(H,27,30,32). The largest absolute Gasteiger partial charge is 0.496 e. The topological polar surface area (TPSA) is 143 Å². The number of carbonyl (C=O) groups is 3. The van der Waals surface area contributed by atoms with E-state index >= 15 is 0 Å². The van der Waals surface area contributed by atoms with Crippen molar-refractivity contribution in [2.75, 3.05) is 48.1 Å². The maximum atomic E-state index is 13.4. The molecule has 0 bridgehead atoms. The molecule has 1 fully saturated rings. The molecule has 2 aromatic rings. The molecule has 200 valence electrons. The van der Waals surface area contributed by atoms with Crippen LogP contribution in [0.3, 0.4) is 0 Å². The van der Waals surface area contributed by atoms with Crippen molar-refractivity contribution in [3.63, 3.8) is 0 Å². The number of carbonyl (C=O) groups excluding carboxylic acids is 3. The fourth-order valence-corrected chi connectivity index (χ4v) is 4.75. The molecule has 2 aromatic carbocycles. The highest BCUT2D eigenvalue weighted by molar-refractivity contribution is 7.92. The Labute approximate surface area is 216 Å². The lowest BCUT2D eigenvalue weighted by Crippen LogP contribution is -2.49. The number of hydrogen-bond acceptors (Lipinski definition) is 7. The van der Waals surface area contributed by atoms with E-state index in [-0.39, 0.29) is 36.8 Å². The van der Waals surface area contributed by atoms with Crippen molar-refractivity contribution >= 4 is 44.9 Å². The van der Waals surface area contributed by atoms with Gasteiger partial charge in [-0.05, 0) is 41.8 Å². The van der Waals surface area contributed by atoms with Crippen LogP contribution in [0, 0.1) is 0 Å². The zero-order valence-electron chi connectivity index (χ0n) is 21.5. The predicted octanol–water partition coefficient (Wildman–Crippen LogP) is 3.08. The lowest BCUT2D eigenvalue weighted by Gasteiger charge is -2.30. The molecule has 3 rings (SSSR count). The summed E-state index contributed by atoms with van der Waals surface area (Å²) in [5, 5.41) is 5.09. The number of sulfonamides is 1. The van der Waals surface area contributed by atoms with Gasteiger partial charge in [0.15, 0.2) is 0 Å². The van der Waals surface area contributed by atoms with Crippen molar-refractivity contribution in [2.45, 2.75) is 32.6 Å². The van der Waals surface area contributed by atoms with Crippen LogP contribution in [0.1, 0.15) is 43.1 Å². The maximum absolute atomic E-state index is 13.4. The van der Waals surface area contributed by atoms with E-state index in [1.165, 1.54) is 31.3 Å². The Balaban J connectivity index is 1.91. The summed E-state index contributed by atoms with van der Waals surface area (Å²) in [6.07, 6.45) is 0.145. The lowest BCUT2D eigenvalue weighted by atomic mass is 9.84. The van der Waals surface area contributed by atoms with E-state index < -0.39 is 27.4 Å². The van der Waals surface area contributed by atoms with E-state index in [9.17, 15) is 22.8 Å². The summed E-state index contributed by atoms with van der Waals surface area (Å²) < 4.78 is 37.0. The molecule has 0 spiro atoms. The predicted molar refractivity (Wildman–Crippen MR) is 141 cm³/mol. The van der Waals surface area contributed by atoms with Crippen molar-refractivity contribution in [1.82, 2.24) is 5.32 Å². The molecular formula is C25H32N4O7S. The summed E-state index contributed by atoms with van der Waals surface area (Å²) in [5.74, 6) is -0.652. The zero-order valence-corrected chi connectivity index (χ0v) is 22.3. The number of nitrogens with one attached hydrogen (secondary N) is 3. The van der Waals surface area contributed by atoms with Crippen LogP contribution in [-0.2, 0) is 25.0 Å². The van der Waals surface area contributed by atoms with Crippen LogP contribution in [0.15, 0.2) is 36.4 Å². The summed E-state index contributed by atoms with van der Waals surface area (Å²) in [6, 6.07) is 8.98. The average Bonchev–Trinajstić information content (AvgIpc) is 2.82. The summed E-state index contributed by atoms with van der Waals surface area (Å²) >= 11 is 0. The molecule has 12 heteroatoms. The van der Waals surface area contributed by atoms with Crippen LogP contribution < -0.4 is 25.0 Å². The Morgan fingerprint density at radius 1 is 1.08 bits per heavy atom. The molecular weight excluding hydrogens is 500 g/mol. The van der Waals surface area contributed by atoms with Crippen molar-refractivity contribution in [3.8, 4) is 5.75 Å². The van der Waals surface area contributed by atoms with Gasteiger partial charge in [0, 0.05) is 42.7 Å². The van der Waals surface area contributed by atoms with Crippen LogP contribution in [0.2, 0.25) is 0 Å². The molecule has 4 amide bonds. The van der Waals surface area contributed by atoms with Gasteiger partial charge in [0.2, 0.25) is 15.9 Å². The molecule has 0 atom stereocenters. The van der Waals surface area contributed by atoms with E-state index in [2.05, 4.69) is 15.4 Å². The van der Waals surface area contributed by atoms with Crippen LogP contribution in [0.25, 0.3) is 0 Å². The van der Waals surface area contributed by atoms with Gasteiger partial charge in [-0.2, -0.15) is 0 Å². The number of ether oxygens (including phenoxy) is 2. The second kappa shape index (κ2) is 11.2. The Morgan fingerprint density at radius 2 is 1.73 bits per heavy atom. The van der Waals surface area contributed by atoms with Gasteiger partial charge in [-0.25, -0.2) is 13.2 Å². The highest BCUT2D eigenvalue weighted by atomic mass is 32.2. The zero-order chi connectivity index (χ0) is 27.4. The van der Waals surface area contributed by atoms with Gasteiger partial charge in [0.05, 0.1) is 25.0 Å². The number of imide groups is 1. The molecule has 0 unspecified atom stereocenters. The van der Waals surface area contributed by atoms with Crippen LogP contribution >= 0.6 is 0 Å². The minimum Gasteiger partial charge on any atom is -0.496 e. The third-order valence-electron chi connectivity index (χ3n) is 5.67. The highest BCUT2D eigenvalue weighted by Gasteiger charge is 2.30. The molecule has 0 radical (unpaired) electrons. The van der Waals surface area contributed by atoms with Crippen LogP contribution in [-0.4, -0.2) is 59.4 Å². The van der Waals surface area contributed by atoms with Gasteiger partial charge in [0.25, 0.3) is 5.91 Å². The molecule has 1 heterocycles. The smallest absolute Gasteiger partial charge is 0.328 e. The third-order valence-corrected chi connectivity index (χ3v) is 6.92. The lowest BCUT2D eigenvalue weighted by molar-refractivity contribution is -0.120. The van der Waals surface area contributed by atoms with E-state index in [4.69, 9.17) is 9.47 Å². The minimum atomic E-state index is -3.56. The normalized spacial score (nSPS) is 14.2. The quantitative estimate of drug-likeness (QED) is 0.450.